The van der Waals surface area contributed by atoms with Crippen LogP contribution >= 0.6 is 12.4 Å². The first-order chi connectivity index (χ1) is 18.6. The van der Waals surface area contributed by atoms with Crippen molar-refractivity contribution >= 4 is 29.6 Å². The molecule has 0 atom stereocenters. The van der Waals surface area contributed by atoms with E-state index in [2.05, 4.69) is 10.3 Å². The number of amides is 1. The number of nitrogens with zero attached hydrogens (tertiary/aromatic N) is 3. The maximum Gasteiger partial charge on any atom is 0.416 e. The largest absolute Gasteiger partial charge is 0.416 e. The van der Waals surface area contributed by atoms with Gasteiger partial charge in [0.2, 0.25) is 0 Å². The summed E-state index contributed by atoms with van der Waals surface area (Å²) in [4.78, 5) is 19.3. The number of pyridine rings is 1. The van der Waals surface area contributed by atoms with E-state index in [1.54, 1.807) is 6.07 Å². The van der Waals surface area contributed by atoms with Crippen LogP contribution in [-0.4, -0.2) is 28.4 Å². The summed E-state index contributed by atoms with van der Waals surface area (Å²) >= 11 is 0. The van der Waals surface area contributed by atoms with E-state index in [9.17, 15) is 22.4 Å². The molecule has 0 spiro atoms. The minimum atomic E-state index is -4.36. The number of aromatic nitrogens is 2. The molecule has 1 N–H and O–H groups in total. The first-order valence-electron chi connectivity index (χ1n) is 12.8. The molecule has 4 aromatic rings. The first kappa shape index (κ1) is 29.3. The number of aryl methyl sites for hydroxylation is 1. The van der Waals surface area contributed by atoms with Gasteiger partial charge in [0, 0.05) is 43.1 Å². The van der Waals surface area contributed by atoms with Gasteiger partial charge >= 0.3 is 6.18 Å². The Morgan fingerprint density at radius 3 is 2.35 bits per heavy atom. The highest BCUT2D eigenvalue weighted by molar-refractivity contribution is 5.94. The molecule has 0 radical (unpaired) electrons. The van der Waals surface area contributed by atoms with Gasteiger partial charge in [-0.3, -0.25) is 9.20 Å². The second-order valence-corrected chi connectivity index (χ2v) is 9.67. The molecule has 0 saturated carbocycles. The molecule has 0 aliphatic carbocycles. The second kappa shape index (κ2) is 11.8. The van der Waals surface area contributed by atoms with Crippen LogP contribution in [0.15, 0.2) is 60.8 Å². The summed E-state index contributed by atoms with van der Waals surface area (Å²) in [6.07, 6.45) is -0.953. The Morgan fingerprint density at radius 2 is 1.73 bits per heavy atom. The van der Waals surface area contributed by atoms with E-state index in [1.807, 2.05) is 17.9 Å². The lowest BCUT2D eigenvalue weighted by Gasteiger charge is -2.34. The number of alkyl halides is 3. The molecule has 212 valence electrons. The topological polar surface area (TPSA) is 49.6 Å². The van der Waals surface area contributed by atoms with E-state index in [4.69, 9.17) is 0 Å². The van der Waals surface area contributed by atoms with Gasteiger partial charge in [-0.15, -0.1) is 12.4 Å². The van der Waals surface area contributed by atoms with Crippen LogP contribution in [-0.2, 0) is 19.1 Å². The number of hydrogen-bond donors (Lipinski definition) is 1. The second-order valence-electron chi connectivity index (χ2n) is 9.67. The van der Waals surface area contributed by atoms with Gasteiger partial charge < -0.3 is 10.2 Å². The monoisotopic (exact) mass is 578 g/mol. The van der Waals surface area contributed by atoms with Gasteiger partial charge in [-0.05, 0) is 67.1 Å². The fourth-order valence-corrected chi connectivity index (χ4v) is 5.11. The summed E-state index contributed by atoms with van der Waals surface area (Å²) in [5.74, 6) is -1.17. The van der Waals surface area contributed by atoms with Crippen molar-refractivity contribution < 1.29 is 26.7 Å². The van der Waals surface area contributed by atoms with Crippen molar-refractivity contribution in [2.45, 2.75) is 44.8 Å². The molecular weight excluding hydrogens is 551 g/mol. The molecule has 2 aromatic heterocycles. The summed E-state index contributed by atoms with van der Waals surface area (Å²) in [5.41, 5.74) is 2.41. The van der Waals surface area contributed by atoms with E-state index in [-0.39, 0.29) is 24.9 Å². The number of carbonyl (C=O) groups is 1. The van der Waals surface area contributed by atoms with Crippen molar-refractivity contribution in [1.29, 1.82) is 0 Å². The predicted molar refractivity (Wildman–Crippen MR) is 145 cm³/mol. The van der Waals surface area contributed by atoms with Crippen molar-refractivity contribution in [2.24, 2.45) is 0 Å². The number of rotatable bonds is 6. The number of anilines is 1. The number of piperidine rings is 1. The van der Waals surface area contributed by atoms with E-state index in [0.29, 0.717) is 42.1 Å². The maximum absolute atomic E-state index is 15.0. The normalized spacial score (nSPS) is 14.3. The van der Waals surface area contributed by atoms with Crippen LogP contribution in [0.25, 0.3) is 5.65 Å². The third kappa shape index (κ3) is 6.06. The summed E-state index contributed by atoms with van der Waals surface area (Å²) in [6, 6.07) is 12.7. The minimum Gasteiger partial charge on any atom is -0.371 e. The molecule has 1 aliphatic heterocycles. The van der Waals surface area contributed by atoms with Crippen LogP contribution in [0, 0.1) is 11.6 Å². The third-order valence-corrected chi connectivity index (χ3v) is 7.25. The Bertz CT molecular complexity index is 1500. The highest BCUT2D eigenvalue weighted by Crippen LogP contribution is 2.34. The fourth-order valence-electron chi connectivity index (χ4n) is 5.11. The van der Waals surface area contributed by atoms with Gasteiger partial charge in [-0.1, -0.05) is 19.1 Å². The number of hydrogen-bond acceptors (Lipinski definition) is 3. The molecule has 1 amide bonds. The Balaban J connectivity index is 0.00000370. The summed E-state index contributed by atoms with van der Waals surface area (Å²) in [7, 11) is 0. The molecule has 11 heteroatoms. The lowest BCUT2D eigenvalue weighted by molar-refractivity contribution is -0.137. The number of halogens is 6. The van der Waals surface area contributed by atoms with Crippen molar-refractivity contribution in [2.75, 3.05) is 18.0 Å². The molecule has 5 nitrogen and oxygen atoms in total. The van der Waals surface area contributed by atoms with Crippen LogP contribution in [0.2, 0.25) is 0 Å². The lowest BCUT2D eigenvalue weighted by Crippen LogP contribution is -2.33. The van der Waals surface area contributed by atoms with Crippen molar-refractivity contribution in [3.05, 3.63) is 101 Å². The molecule has 5 rings (SSSR count). The zero-order valence-corrected chi connectivity index (χ0v) is 22.5. The van der Waals surface area contributed by atoms with Gasteiger partial charge in [0.15, 0.2) is 0 Å². The number of carbonyl (C=O) groups excluding carboxylic acids is 1. The summed E-state index contributed by atoms with van der Waals surface area (Å²) < 4.78 is 68.6. The Kier molecular flexibility index (Phi) is 8.68. The van der Waals surface area contributed by atoms with Crippen molar-refractivity contribution in [1.82, 2.24) is 14.7 Å². The smallest absolute Gasteiger partial charge is 0.371 e. The number of nitrogens with one attached hydrogen (secondary N) is 1. The molecule has 40 heavy (non-hydrogen) atoms. The van der Waals surface area contributed by atoms with Gasteiger partial charge in [-0.25, -0.2) is 13.8 Å². The van der Waals surface area contributed by atoms with Crippen molar-refractivity contribution in [3.8, 4) is 0 Å². The Morgan fingerprint density at radius 1 is 1.02 bits per heavy atom. The van der Waals surface area contributed by atoms with E-state index in [1.165, 1.54) is 40.9 Å². The van der Waals surface area contributed by atoms with Gasteiger partial charge in [0.05, 0.1) is 11.3 Å². The molecule has 3 heterocycles. The molecule has 1 fully saturated rings. The summed E-state index contributed by atoms with van der Waals surface area (Å²) in [5, 5.41) is 2.75. The first-order valence-corrected chi connectivity index (χ1v) is 12.8. The fraction of sp³-hybridized carbons (Fsp3) is 0.310. The molecule has 1 saturated heterocycles. The number of imidazole rings is 1. The zero-order valence-electron chi connectivity index (χ0n) is 21.6. The highest BCUT2D eigenvalue weighted by atomic mass is 35.5. The molecule has 1 aliphatic rings. The van der Waals surface area contributed by atoms with Gasteiger partial charge in [0.25, 0.3) is 5.91 Å². The highest BCUT2D eigenvalue weighted by Gasteiger charge is 2.30. The quantitative estimate of drug-likeness (QED) is 0.252. The maximum atomic E-state index is 15.0. The minimum absolute atomic E-state index is 0. The molecular formula is C29H28ClF5N4O. The molecule has 0 bridgehead atoms. The predicted octanol–water partition coefficient (Wildman–Crippen LogP) is 6.93. The average molecular weight is 579 g/mol. The van der Waals surface area contributed by atoms with Crippen molar-refractivity contribution in [3.63, 3.8) is 0 Å². The number of benzene rings is 2. The average Bonchev–Trinajstić information content (AvgIpc) is 3.29. The van der Waals surface area contributed by atoms with E-state index < -0.39 is 29.3 Å². The third-order valence-electron chi connectivity index (χ3n) is 7.25. The van der Waals surface area contributed by atoms with Crippen LogP contribution in [0.4, 0.5) is 27.6 Å². The van der Waals surface area contributed by atoms with Crippen LogP contribution < -0.4 is 10.2 Å². The van der Waals surface area contributed by atoms with Crippen LogP contribution in [0.5, 0.6) is 0 Å². The molecule has 2 aromatic carbocycles. The van der Waals surface area contributed by atoms with Crippen LogP contribution in [0.1, 0.15) is 58.6 Å². The van der Waals surface area contributed by atoms with E-state index in [0.717, 1.165) is 36.2 Å². The Hall–Kier alpha value is -3.66. The number of fused-ring (bicyclic) bond motifs is 1. The SMILES string of the molecule is CCc1nc2cc(F)ccn2c1C(=O)NCc1ccc(C2CCN(c3ccc(C(F)(F)F)cc3)CC2)cc1F.Cl. The van der Waals surface area contributed by atoms with Crippen LogP contribution in [0.3, 0.4) is 0 Å². The standard InChI is InChI=1S/C29H27F5N4O.ClH/c1-2-25-27(38-14-11-22(30)16-26(38)36-25)28(39)35-17-20-4-3-19(15-24(20)31)18-9-12-37(13-10-18)23-7-5-21(6-8-23)29(32,33)34;/h3-8,11,14-16,18H,2,9-10,12-13,17H2,1H3,(H,35,39);1H. The van der Waals surface area contributed by atoms with Gasteiger partial charge in [0.1, 0.15) is 23.0 Å². The Labute approximate surface area is 234 Å². The lowest BCUT2D eigenvalue weighted by atomic mass is 9.88. The molecule has 0 unspecified atom stereocenters. The van der Waals surface area contributed by atoms with Gasteiger partial charge in [-0.2, -0.15) is 13.2 Å². The van der Waals surface area contributed by atoms with E-state index >= 15 is 4.39 Å². The summed E-state index contributed by atoms with van der Waals surface area (Å²) in [6.45, 7) is 3.13. The zero-order chi connectivity index (χ0) is 27.7.